The second-order valence-electron chi connectivity index (χ2n) is 3.70. The zero-order valence-corrected chi connectivity index (χ0v) is 8.08. The van der Waals surface area contributed by atoms with Crippen molar-refractivity contribution in [1.82, 2.24) is 10.4 Å². The third kappa shape index (κ3) is 1.84. The van der Waals surface area contributed by atoms with E-state index in [1.165, 1.54) is 0 Å². The summed E-state index contributed by atoms with van der Waals surface area (Å²) >= 11 is 0. The highest BCUT2D eigenvalue weighted by Crippen LogP contribution is 2.20. The molecule has 0 spiro atoms. The normalized spacial score (nSPS) is 31.3. The molecule has 0 aromatic carbocycles. The van der Waals surface area contributed by atoms with Gasteiger partial charge in [-0.2, -0.15) is 0 Å². The Bertz CT molecular complexity index is 159. The van der Waals surface area contributed by atoms with Crippen molar-refractivity contribution in [3.8, 4) is 0 Å². The van der Waals surface area contributed by atoms with Gasteiger partial charge < -0.3 is 4.79 Å². The molecule has 0 aromatic rings. The minimum Gasteiger partial charge on any atom is -0.302 e. The molecule has 0 aromatic heterocycles. The van der Waals surface area contributed by atoms with Gasteiger partial charge in [0.1, 0.15) is 6.29 Å². The largest absolute Gasteiger partial charge is 0.302 e. The average molecular weight is 170 g/mol. The standard InChI is InChI=1S/C9H18N2O/c1-4-11-9(7(2)3)5-8(6-12)10-11/h6-10H,4-5H2,1-3H3. The summed E-state index contributed by atoms with van der Waals surface area (Å²) in [6, 6.07) is 0.558. The lowest BCUT2D eigenvalue weighted by molar-refractivity contribution is -0.109. The highest BCUT2D eigenvalue weighted by molar-refractivity contribution is 5.58. The van der Waals surface area contributed by atoms with Gasteiger partial charge in [-0.05, 0) is 12.3 Å². The molecule has 1 fully saturated rings. The van der Waals surface area contributed by atoms with Crippen molar-refractivity contribution in [2.24, 2.45) is 5.92 Å². The summed E-state index contributed by atoms with van der Waals surface area (Å²) in [7, 11) is 0. The molecule has 2 unspecified atom stereocenters. The first-order valence-electron chi connectivity index (χ1n) is 4.67. The average Bonchev–Trinajstić information content (AvgIpc) is 2.47. The van der Waals surface area contributed by atoms with Crippen LogP contribution >= 0.6 is 0 Å². The lowest BCUT2D eigenvalue weighted by atomic mass is 9.99. The smallest absolute Gasteiger partial charge is 0.138 e. The van der Waals surface area contributed by atoms with E-state index in [1.54, 1.807) is 0 Å². The Balaban J connectivity index is 2.56. The summed E-state index contributed by atoms with van der Waals surface area (Å²) in [6.07, 6.45) is 1.96. The van der Waals surface area contributed by atoms with Crippen LogP contribution < -0.4 is 5.43 Å². The third-order valence-electron chi connectivity index (χ3n) is 2.50. The Morgan fingerprint density at radius 1 is 1.67 bits per heavy atom. The highest BCUT2D eigenvalue weighted by atomic mass is 16.1. The van der Waals surface area contributed by atoms with Crippen molar-refractivity contribution in [2.45, 2.75) is 39.3 Å². The summed E-state index contributed by atoms with van der Waals surface area (Å²) in [5.74, 6) is 0.613. The lowest BCUT2D eigenvalue weighted by Crippen LogP contribution is -2.41. The van der Waals surface area contributed by atoms with E-state index in [0.29, 0.717) is 12.0 Å². The van der Waals surface area contributed by atoms with Crippen molar-refractivity contribution in [1.29, 1.82) is 0 Å². The summed E-state index contributed by atoms with van der Waals surface area (Å²) in [6.45, 7) is 7.47. The number of hydrogen-bond donors (Lipinski definition) is 1. The Morgan fingerprint density at radius 3 is 2.67 bits per heavy atom. The molecule has 1 heterocycles. The number of hydrogen-bond acceptors (Lipinski definition) is 3. The molecule has 2 atom stereocenters. The molecular weight excluding hydrogens is 152 g/mol. The molecule has 0 aliphatic carbocycles. The van der Waals surface area contributed by atoms with Gasteiger partial charge in [0, 0.05) is 12.6 Å². The highest BCUT2D eigenvalue weighted by Gasteiger charge is 2.31. The number of rotatable bonds is 3. The molecule has 1 aliphatic rings. The first kappa shape index (κ1) is 9.68. The Labute approximate surface area is 74.1 Å². The second-order valence-corrected chi connectivity index (χ2v) is 3.70. The number of hydrazine groups is 1. The van der Waals surface area contributed by atoms with Gasteiger partial charge in [0.05, 0.1) is 6.04 Å². The van der Waals surface area contributed by atoms with Gasteiger partial charge in [0.15, 0.2) is 0 Å². The molecule has 12 heavy (non-hydrogen) atoms. The van der Waals surface area contributed by atoms with Crippen molar-refractivity contribution in [3.63, 3.8) is 0 Å². The van der Waals surface area contributed by atoms with Crippen LogP contribution in [0.3, 0.4) is 0 Å². The molecule has 0 bridgehead atoms. The fraction of sp³-hybridized carbons (Fsp3) is 0.889. The fourth-order valence-corrected chi connectivity index (χ4v) is 1.79. The maximum Gasteiger partial charge on any atom is 0.138 e. The lowest BCUT2D eigenvalue weighted by Gasteiger charge is -2.25. The van der Waals surface area contributed by atoms with Crippen LogP contribution in [-0.2, 0) is 4.79 Å². The molecular formula is C9H18N2O. The van der Waals surface area contributed by atoms with Crippen LogP contribution in [0.2, 0.25) is 0 Å². The number of nitrogens with zero attached hydrogens (tertiary/aromatic N) is 1. The van der Waals surface area contributed by atoms with E-state index in [0.717, 1.165) is 19.3 Å². The molecule has 1 N–H and O–H groups in total. The first-order chi connectivity index (χ1) is 5.69. The molecule has 70 valence electrons. The number of carbonyl (C=O) groups is 1. The van der Waals surface area contributed by atoms with Crippen LogP contribution in [0.4, 0.5) is 0 Å². The van der Waals surface area contributed by atoms with Gasteiger partial charge >= 0.3 is 0 Å². The summed E-state index contributed by atoms with van der Waals surface area (Å²) in [5.41, 5.74) is 3.19. The molecule has 3 nitrogen and oxygen atoms in total. The maximum atomic E-state index is 10.5. The molecule has 0 amide bonds. The van der Waals surface area contributed by atoms with Gasteiger partial charge in [-0.15, -0.1) is 0 Å². The van der Waals surface area contributed by atoms with Gasteiger partial charge in [-0.1, -0.05) is 20.8 Å². The number of carbonyl (C=O) groups excluding carboxylic acids is 1. The minimum absolute atomic E-state index is 0.0392. The van der Waals surface area contributed by atoms with Gasteiger partial charge in [0.25, 0.3) is 0 Å². The van der Waals surface area contributed by atoms with E-state index in [9.17, 15) is 4.79 Å². The maximum absolute atomic E-state index is 10.5. The van der Waals surface area contributed by atoms with E-state index in [-0.39, 0.29) is 6.04 Å². The topological polar surface area (TPSA) is 32.3 Å². The molecule has 1 saturated heterocycles. The summed E-state index contributed by atoms with van der Waals surface area (Å²) in [4.78, 5) is 10.5. The summed E-state index contributed by atoms with van der Waals surface area (Å²) < 4.78 is 0. The molecule has 1 aliphatic heterocycles. The van der Waals surface area contributed by atoms with Gasteiger partial charge in [-0.3, -0.25) is 0 Å². The predicted molar refractivity (Wildman–Crippen MR) is 48.6 cm³/mol. The summed E-state index contributed by atoms with van der Waals surface area (Å²) in [5, 5.41) is 2.17. The zero-order valence-electron chi connectivity index (χ0n) is 8.08. The SMILES string of the molecule is CCN1NC(C=O)CC1C(C)C. The van der Waals surface area contributed by atoms with Crippen LogP contribution in [0, 0.1) is 5.92 Å². The predicted octanol–water partition coefficient (Wildman–Crippen LogP) is 0.809. The van der Waals surface area contributed by atoms with Crippen molar-refractivity contribution in [3.05, 3.63) is 0 Å². The van der Waals surface area contributed by atoms with Crippen molar-refractivity contribution in [2.75, 3.05) is 6.54 Å². The molecule has 0 saturated carbocycles. The Morgan fingerprint density at radius 2 is 2.33 bits per heavy atom. The molecule has 3 heteroatoms. The van der Waals surface area contributed by atoms with Crippen LogP contribution in [0.5, 0.6) is 0 Å². The zero-order chi connectivity index (χ0) is 9.14. The van der Waals surface area contributed by atoms with Crippen LogP contribution in [0.25, 0.3) is 0 Å². The van der Waals surface area contributed by atoms with E-state index in [4.69, 9.17) is 0 Å². The van der Waals surface area contributed by atoms with E-state index >= 15 is 0 Å². The molecule has 0 radical (unpaired) electrons. The van der Waals surface area contributed by atoms with Gasteiger partial charge in [-0.25, -0.2) is 10.4 Å². The minimum atomic E-state index is 0.0392. The molecule has 1 rings (SSSR count). The second kappa shape index (κ2) is 4.01. The Kier molecular flexibility index (Phi) is 3.23. The number of aldehydes is 1. The fourth-order valence-electron chi connectivity index (χ4n) is 1.79. The van der Waals surface area contributed by atoms with Crippen molar-refractivity contribution < 1.29 is 4.79 Å². The first-order valence-corrected chi connectivity index (χ1v) is 4.67. The van der Waals surface area contributed by atoms with Crippen LogP contribution in [0.1, 0.15) is 27.2 Å². The quantitative estimate of drug-likeness (QED) is 0.636. The number of nitrogens with one attached hydrogen (secondary N) is 1. The monoisotopic (exact) mass is 170 g/mol. The van der Waals surface area contributed by atoms with Gasteiger partial charge in [0.2, 0.25) is 0 Å². The van der Waals surface area contributed by atoms with E-state index in [1.807, 2.05) is 0 Å². The van der Waals surface area contributed by atoms with Crippen LogP contribution in [-0.4, -0.2) is 29.9 Å². The third-order valence-corrected chi connectivity index (χ3v) is 2.50. The Hall–Kier alpha value is -0.410. The van der Waals surface area contributed by atoms with Crippen molar-refractivity contribution >= 4 is 6.29 Å². The van der Waals surface area contributed by atoms with Crippen LogP contribution in [0.15, 0.2) is 0 Å². The van der Waals surface area contributed by atoms with E-state index < -0.39 is 0 Å². The van der Waals surface area contributed by atoms with E-state index in [2.05, 4.69) is 31.2 Å².